The first-order chi connectivity index (χ1) is 14.2. The average Bonchev–Trinajstić information content (AvgIpc) is 2.92. The molecule has 0 spiro atoms. The Balaban J connectivity index is 2.05. The highest BCUT2D eigenvalue weighted by molar-refractivity contribution is 6.05. The van der Waals surface area contributed by atoms with Crippen LogP contribution in [0.1, 0.15) is 29.6 Å². The third kappa shape index (κ3) is 5.04. The van der Waals surface area contributed by atoms with Crippen molar-refractivity contribution in [3.05, 3.63) is 23.8 Å². The zero-order valence-electron chi connectivity index (χ0n) is 16.8. The van der Waals surface area contributed by atoms with Crippen LogP contribution in [0.5, 0.6) is 0 Å². The number of nitrogens with zero attached hydrogens (tertiary/aromatic N) is 3. The van der Waals surface area contributed by atoms with Gasteiger partial charge in [0.25, 0.3) is 0 Å². The van der Waals surface area contributed by atoms with Crippen LogP contribution in [-0.4, -0.2) is 80.5 Å². The number of hydrogen-bond donors (Lipinski definition) is 1. The molecule has 0 bridgehead atoms. The van der Waals surface area contributed by atoms with Gasteiger partial charge >= 0.3 is 18.1 Å². The van der Waals surface area contributed by atoms with E-state index in [4.69, 9.17) is 4.74 Å². The van der Waals surface area contributed by atoms with Gasteiger partial charge in [0.05, 0.1) is 11.3 Å². The summed E-state index contributed by atoms with van der Waals surface area (Å²) in [5.74, 6) is -3.43. The summed E-state index contributed by atoms with van der Waals surface area (Å²) in [5.41, 5.74) is 0.0685. The van der Waals surface area contributed by atoms with Crippen molar-refractivity contribution in [3.8, 4) is 0 Å². The molecule has 2 aliphatic rings. The molecule has 0 aromatic heterocycles. The van der Waals surface area contributed by atoms with E-state index < -0.39 is 24.1 Å². The molecule has 166 valence electrons. The third-order valence-corrected chi connectivity index (χ3v) is 5.57. The normalized spacial score (nSPS) is 19.4. The van der Waals surface area contributed by atoms with Gasteiger partial charge in [-0.05, 0) is 51.1 Å². The molecule has 1 amide bonds. The van der Waals surface area contributed by atoms with Crippen LogP contribution in [0.4, 0.5) is 24.5 Å². The summed E-state index contributed by atoms with van der Waals surface area (Å²) in [6.07, 6.45) is -3.83. The van der Waals surface area contributed by atoms with Gasteiger partial charge in [0.15, 0.2) is 0 Å². The van der Waals surface area contributed by atoms with Crippen molar-refractivity contribution < 1.29 is 32.6 Å². The third-order valence-electron chi connectivity index (χ3n) is 5.57. The predicted octanol–water partition coefficient (Wildman–Crippen LogP) is 2.60. The number of anilines is 2. The van der Waals surface area contributed by atoms with Crippen LogP contribution < -0.4 is 9.80 Å². The van der Waals surface area contributed by atoms with E-state index in [-0.39, 0.29) is 37.3 Å². The minimum atomic E-state index is -5.12. The zero-order valence-corrected chi connectivity index (χ0v) is 16.8. The van der Waals surface area contributed by atoms with Crippen molar-refractivity contribution in [2.75, 3.05) is 56.2 Å². The molecular formula is C20H26F3N3O4. The molecule has 30 heavy (non-hydrogen) atoms. The first-order valence-corrected chi connectivity index (χ1v) is 9.97. The quantitative estimate of drug-likeness (QED) is 0.793. The Morgan fingerprint density at radius 3 is 2.47 bits per heavy atom. The molecule has 0 radical (unpaired) electrons. The van der Waals surface area contributed by atoms with Gasteiger partial charge < -0.3 is 24.5 Å². The fourth-order valence-electron chi connectivity index (χ4n) is 3.95. The largest absolute Gasteiger partial charge is 0.478 e. The van der Waals surface area contributed by atoms with Crippen molar-refractivity contribution in [2.45, 2.75) is 31.5 Å². The number of carboxylic acids is 1. The molecule has 0 aliphatic carbocycles. The van der Waals surface area contributed by atoms with Crippen LogP contribution in [0, 0.1) is 0 Å². The second kappa shape index (κ2) is 9.22. The molecule has 3 rings (SSSR count). The second-order valence-electron chi connectivity index (χ2n) is 7.67. The maximum absolute atomic E-state index is 13.4. The molecule has 1 N–H and O–H groups in total. The van der Waals surface area contributed by atoms with Gasteiger partial charge in [-0.2, -0.15) is 13.2 Å². The van der Waals surface area contributed by atoms with Crippen molar-refractivity contribution >= 4 is 23.3 Å². The van der Waals surface area contributed by atoms with Gasteiger partial charge in [-0.25, -0.2) is 4.79 Å². The molecule has 2 fully saturated rings. The highest BCUT2D eigenvalue weighted by Crippen LogP contribution is 2.34. The number of ether oxygens (including phenoxy) is 1. The van der Waals surface area contributed by atoms with Crippen LogP contribution in [-0.2, 0) is 9.53 Å². The van der Waals surface area contributed by atoms with E-state index in [0.29, 0.717) is 23.7 Å². The summed E-state index contributed by atoms with van der Waals surface area (Å²) in [5, 5.41) is 9.61. The van der Waals surface area contributed by atoms with Crippen LogP contribution in [0.15, 0.2) is 18.2 Å². The number of hydrogen-bond acceptors (Lipinski definition) is 5. The van der Waals surface area contributed by atoms with E-state index in [2.05, 4.69) is 4.90 Å². The summed E-state index contributed by atoms with van der Waals surface area (Å²) in [7, 11) is 2.00. The minimum Gasteiger partial charge on any atom is -0.478 e. The Morgan fingerprint density at radius 2 is 1.83 bits per heavy atom. The van der Waals surface area contributed by atoms with Crippen molar-refractivity contribution in [2.24, 2.45) is 0 Å². The standard InChI is InChI=1S/C20H26F3N3O4/c1-24-7-2-8-25(10-9-24)15-3-4-16(18(27)28)17(13-15)26(19(29)20(21,22)23)14-5-11-30-12-6-14/h3-4,13-14H,2,5-12H2,1H3,(H,27,28). The van der Waals surface area contributed by atoms with E-state index in [9.17, 15) is 27.9 Å². The van der Waals surface area contributed by atoms with Crippen molar-refractivity contribution in [1.82, 2.24) is 4.90 Å². The predicted molar refractivity (Wildman–Crippen MR) is 105 cm³/mol. The fraction of sp³-hybridized carbons (Fsp3) is 0.600. The maximum Gasteiger partial charge on any atom is 0.471 e. The highest BCUT2D eigenvalue weighted by Gasteiger charge is 2.46. The molecular weight excluding hydrogens is 403 g/mol. The van der Waals surface area contributed by atoms with Crippen LogP contribution in [0.3, 0.4) is 0 Å². The number of amides is 1. The summed E-state index contributed by atoms with van der Waals surface area (Å²) in [6, 6.07) is 3.51. The number of carbonyl (C=O) groups excluding carboxylic acids is 1. The number of aromatic carboxylic acids is 1. The molecule has 0 saturated carbocycles. The summed E-state index contributed by atoms with van der Waals surface area (Å²) < 4.78 is 45.5. The molecule has 7 nitrogen and oxygen atoms in total. The monoisotopic (exact) mass is 429 g/mol. The lowest BCUT2D eigenvalue weighted by molar-refractivity contribution is -0.171. The number of benzene rings is 1. The maximum atomic E-state index is 13.4. The van der Waals surface area contributed by atoms with Gasteiger partial charge in [-0.1, -0.05) is 0 Å². The van der Waals surface area contributed by atoms with E-state index >= 15 is 0 Å². The van der Waals surface area contributed by atoms with Gasteiger partial charge in [-0.15, -0.1) is 0 Å². The number of carbonyl (C=O) groups is 2. The smallest absolute Gasteiger partial charge is 0.471 e. The van der Waals surface area contributed by atoms with Gasteiger partial charge in [0.1, 0.15) is 0 Å². The summed E-state index contributed by atoms with van der Waals surface area (Å²) in [4.78, 5) is 29.0. The lowest BCUT2D eigenvalue weighted by Gasteiger charge is -2.36. The Labute approximate surface area is 173 Å². The van der Waals surface area contributed by atoms with Crippen LogP contribution in [0.25, 0.3) is 0 Å². The Kier molecular flexibility index (Phi) is 6.87. The van der Waals surface area contributed by atoms with Crippen molar-refractivity contribution in [1.29, 1.82) is 0 Å². The number of likely N-dealkylation sites (N-methyl/N-ethyl adjacent to an activating group) is 1. The molecule has 1 aromatic carbocycles. The number of rotatable bonds is 4. The van der Waals surface area contributed by atoms with Gasteiger partial charge in [-0.3, -0.25) is 4.79 Å². The lowest BCUT2D eigenvalue weighted by atomic mass is 10.0. The average molecular weight is 429 g/mol. The number of carboxylic acid groups (broad SMARTS) is 1. The molecule has 2 heterocycles. The fourth-order valence-corrected chi connectivity index (χ4v) is 3.95. The van der Waals surface area contributed by atoms with Crippen molar-refractivity contribution in [3.63, 3.8) is 0 Å². The van der Waals surface area contributed by atoms with Crippen LogP contribution >= 0.6 is 0 Å². The number of halogens is 3. The topological polar surface area (TPSA) is 73.3 Å². The Hall–Kier alpha value is -2.33. The van der Waals surface area contributed by atoms with E-state index in [0.717, 1.165) is 19.5 Å². The van der Waals surface area contributed by atoms with E-state index in [1.165, 1.54) is 12.1 Å². The SMILES string of the molecule is CN1CCCN(c2ccc(C(=O)O)c(N(C(=O)C(F)(F)F)C3CCOCC3)c2)CC1. The Morgan fingerprint density at radius 1 is 1.13 bits per heavy atom. The van der Waals surface area contributed by atoms with Gasteiger partial charge in [0, 0.05) is 44.6 Å². The second-order valence-corrected chi connectivity index (χ2v) is 7.67. The molecule has 2 aliphatic heterocycles. The molecule has 2 saturated heterocycles. The lowest BCUT2D eigenvalue weighted by Crippen LogP contribution is -2.50. The number of alkyl halides is 3. The molecule has 1 aromatic rings. The zero-order chi connectivity index (χ0) is 21.9. The first-order valence-electron chi connectivity index (χ1n) is 9.97. The minimum absolute atomic E-state index is 0.208. The molecule has 0 unspecified atom stereocenters. The first kappa shape index (κ1) is 22.4. The van der Waals surface area contributed by atoms with E-state index in [1.807, 2.05) is 11.9 Å². The van der Waals surface area contributed by atoms with Gasteiger partial charge in [0.2, 0.25) is 0 Å². The summed E-state index contributed by atoms with van der Waals surface area (Å²) >= 11 is 0. The van der Waals surface area contributed by atoms with E-state index in [1.54, 1.807) is 6.07 Å². The highest BCUT2D eigenvalue weighted by atomic mass is 19.4. The molecule has 10 heteroatoms. The summed E-state index contributed by atoms with van der Waals surface area (Å²) in [6.45, 7) is 3.46. The van der Waals surface area contributed by atoms with Crippen LogP contribution in [0.2, 0.25) is 0 Å². The Bertz CT molecular complexity index is 781. The molecule has 0 atom stereocenters.